The Balaban J connectivity index is 2.61. The lowest BCUT2D eigenvalue weighted by Gasteiger charge is -2.18. The Morgan fingerprint density at radius 1 is 1.35 bits per heavy atom. The third-order valence-electron chi connectivity index (χ3n) is 2.93. The highest BCUT2D eigenvalue weighted by molar-refractivity contribution is 7.98. The summed E-state index contributed by atoms with van der Waals surface area (Å²) in [6, 6.07) is 7.73. The van der Waals surface area contributed by atoms with Crippen LogP contribution in [-0.4, -0.2) is 44.7 Å². The lowest BCUT2D eigenvalue weighted by Crippen LogP contribution is -2.38. The molecule has 0 spiro atoms. The predicted octanol–water partition coefficient (Wildman–Crippen LogP) is 1.48. The van der Waals surface area contributed by atoms with Crippen molar-refractivity contribution in [3.63, 3.8) is 0 Å². The second-order valence-electron chi connectivity index (χ2n) is 4.58. The standard InChI is InChI=1S/C13H20N2O3S2/c1-10(11-5-7-12(19-3)8-6-11)14-13(16)9-15(2)20(4,17)18/h5-8,10H,9H2,1-4H3,(H,14,16)/t10-/m0/s1. The molecule has 20 heavy (non-hydrogen) atoms. The second-order valence-corrected chi connectivity index (χ2v) is 7.55. The van der Waals surface area contributed by atoms with Gasteiger partial charge in [-0.1, -0.05) is 12.1 Å². The van der Waals surface area contributed by atoms with E-state index in [1.54, 1.807) is 11.8 Å². The number of hydrogen-bond donors (Lipinski definition) is 1. The third-order valence-corrected chi connectivity index (χ3v) is 4.93. The van der Waals surface area contributed by atoms with Gasteiger partial charge < -0.3 is 5.32 Å². The molecule has 0 saturated carbocycles. The first-order valence-corrected chi connectivity index (χ1v) is 9.16. The number of benzene rings is 1. The summed E-state index contributed by atoms with van der Waals surface area (Å²) in [4.78, 5) is 12.9. The topological polar surface area (TPSA) is 66.5 Å². The minimum atomic E-state index is -3.34. The zero-order valence-corrected chi connectivity index (χ0v) is 13.7. The van der Waals surface area contributed by atoms with E-state index in [-0.39, 0.29) is 18.5 Å². The van der Waals surface area contributed by atoms with Crippen LogP contribution in [0.2, 0.25) is 0 Å². The van der Waals surface area contributed by atoms with Crippen LogP contribution in [-0.2, 0) is 14.8 Å². The van der Waals surface area contributed by atoms with E-state index < -0.39 is 10.0 Å². The first kappa shape index (κ1) is 17.0. The minimum Gasteiger partial charge on any atom is -0.348 e. The van der Waals surface area contributed by atoms with Crippen molar-refractivity contribution in [1.82, 2.24) is 9.62 Å². The number of thioether (sulfide) groups is 1. The van der Waals surface area contributed by atoms with E-state index in [2.05, 4.69) is 5.32 Å². The molecule has 0 aliphatic rings. The van der Waals surface area contributed by atoms with Gasteiger partial charge in [-0.05, 0) is 30.9 Å². The zero-order valence-electron chi connectivity index (χ0n) is 12.1. The molecule has 0 aliphatic carbocycles. The van der Waals surface area contributed by atoms with Gasteiger partial charge in [-0.25, -0.2) is 8.42 Å². The highest BCUT2D eigenvalue weighted by Crippen LogP contribution is 2.18. The molecule has 0 fully saturated rings. The van der Waals surface area contributed by atoms with Gasteiger partial charge >= 0.3 is 0 Å². The van der Waals surface area contributed by atoms with Gasteiger partial charge in [0, 0.05) is 11.9 Å². The van der Waals surface area contributed by atoms with Crippen molar-refractivity contribution >= 4 is 27.7 Å². The molecule has 0 bridgehead atoms. The first-order chi connectivity index (χ1) is 9.24. The van der Waals surface area contributed by atoms with E-state index in [9.17, 15) is 13.2 Å². The maximum atomic E-state index is 11.8. The van der Waals surface area contributed by atoms with Gasteiger partial charge in [-0.15, -0.1) is 11.8 Å². The Hall–Kier alpha value is -1.05. The summed E-state index contributed by atoms with van der Waals surface area (Å²) in [6.45, 7) is 1.69. The van der Waals surface area contributed by atoms with E-state index in [0.29, 0.717) is 0 Å². The summed E-state index contributed by atoms with van der Waals surface area (Å²) < 4.78 is 23.5. The minimum absolute atomic E-state index is 0.161. The van der Waals surface area contributed by atoms with Gasteiger partial charge in [0.2, 0.25) is 15.9 Å². The molecule has 0 radical (unpaired) electrons. The Kier molecular flexibility index (Phi) is 6.04. The number of rotatable bonds is 6. The number of nitrogens with zero attached hydrogens (tertiary/aromatic N) is 1. The van der Waals surface area contributed by atoms with Crippen molar-refractivity contribution in [3.05, 3.63) is 29.8 Å². The molecule has 1 rings (SSSR count). The molecular weight excluding hydrogens is 296 g/mol. The largest absolute Gasteiger partial charge is 0.348 e. The number of nitrogens with one attached hydrogen (secondary N) is 1. The summed E-state index contributed by atoms with van der Waals surface area (Å²) in [5.41, 5.74) is 0.984. The van der Waals surface area contributed by atoms with Crippen LogP contribution in [0, 0.1) is 0 Å². The molecular formula is C13H20N2O3S2. The van der Waals surface area contributed by atoms with E-state index >= 15 is 0 Å². The molecule has 0 aliphatic heterocycles. The van der Waals surface area contributed by atoms with Crippen LogP contribution in [0.3, 0.4) is 0 Å². The van der Waals surface area contributed by atoms with E-state index in [1.807, 2.05) is 37.4 Å². The monoisotopic (exact) mass is 316 g/mol. The Bertz CT molecular complexity index is 555. The van der Waals surface area contributed by atoms with Crippen molar-refractivity contribution in [3.8, 4) is 0 Å². The molecule has 1 atom stereocenters. The molecule has 1 amide bonds. The number of hydrogen-bond acceptors (Lipinski definition) is 4. The fraction of sp³-hybridized carbons (Fsp3) is 0.462. The van der Waals surface area contributed by atoms with Gasteiger partial charge in [0.15, 0.2) is 0 Å². The van der Waals surface area contributed by atoms with Crippen LogP contribution in [0.1, 0.15) is 18.5 Å². The molecule has 1 aromatic rings. The highest BCUT2D eigenvalue weighted by atomic mass is 32.2. The van der Waals surface area contributed by atoms with Crippen LogP contribution in [0.25, 0.3) is 0 Å². The van der Waals surface area contributed by atoms with Gasteiger partial charge in [-0.3, -0.25) is 4.79 Å². The fourth-order valence-electron chi connectivity index (χ4n) is 1.58. The molecule has 7 heteroatoms. The van der Waals surface area contributed by atoms with E-state index in [1.165, 1.54) is 7.05 Å². The highest BCUT2D eigenvalue weighted by Gasteiger charge is 2.16. The molecule has 1 aromatic carbocycles. The number of likely N-dealkylation sites (N-methyl/N-ethyl adjacent to an activating group) is 1. The van der Waals surface area contributed by atoms with Crippen LogP contribution >= 0.6 is 11.8 Å². The molecule has 0 heterocycles. The van der Waals surface area contributed by atoms with Crippen molar-refractivity contribution in [2.24, 2.45) is 0 Å². The summed E-state index contributed by atoms with van der Waals surface area (Å²) in [6.07, 6.45) is 3.08. The second kappa shape index (κ2) is 7.10. The SMILES string of the molecule is CSc1ccc([C@H](C)NC(=O)CN(C)S(C)(=O)=O)cc1. The Morgan fingerprint density at radius 3 is 2.35 bits per heavy atom. The Labute approximate surface area is 124 Å². The average molecular weight is 316 g/mol. The van der Waals surface area contributed by atoms with Crippen LogP contribution in [0.4, 0.5) is 0 Å². The summed E-state index contributed by atoms with van der Waals surface area (Å²) in [7, 11) is -1.96. The maximum absolute atomic E-state index is 11.8. The smallest absolute Gasteiger partial charge is 0.235 e. The van der Waals surface area contributed by atoms with Crippen molar-refractivity contribution < 1.29 is 13.2 Å². The van der Waals surface area contributed by atoms with Gasteiger partial charge in [0.1, 0.15) is 0 Å². The van der Waals surface area contributed by atoms with Gasteiger partial charge in [-0.2, -0.15) is 4.31 Å². The average Bonchev–Trinajstić information content (AvgIpc) is 2.37. The molecule has 0 unspecified atom stereocenters. The predicted molar refractivity (Wildman–Crippen MR) is 82.3 cm³/mol. The maximum Gasteiger partial charge on any atom is 0.235 e. The zero-order chi connectivity index (χ0) is 15.3. The van der Waals surface area contributed by atoms with Crippen LogP contribution in [0.15, 0.2) is 29.2 Å². The normalized spacial score (nSPS) is 13.2. The molecule has 0 aromatic heterocycles. The first-order valence-electron chi connectivity index (χ1n) is 6.08. The molecule has 5 nitrogen and oxygen atoms in total. The number of sulfonamides is 1. The molecule has 0 saturated heterocycles. The van der Waals surface area contributed by atoms with E-state index in [4.69, 9.17) is 0 Å². The molecule has 112 valence electrons. The van der Waals surface area contributed by atoms with Crippen molar-refractivity contribution in [1.29, 1.82) is 0 Å². The van der Waals surface area contributed by atoms with Crippen LogP contribution < -0.4 is 5.32 Å². The number of amides is 1. The van der Waals surface area contributed by atoms with Gasteiger partial charge in [0.05, 0.1) is 18.8 Å². The van der Waals surface area contributed by atoms with Crippen LogP contribution in [0.5, 0.6) is 0 Å². The summed E-state index contributed by atoms with van der Waals surface area (Å²) >= 11 is 1.65. The van der Waals surface area contributed by atoms with Crippen molar-refractivity contribution in [2.45, 2.75) is 17.9 Å². The van der Waals surface area contributed by atoms with Crippen molar-refractivity contribution in [2.75, 3.05) is 26.1 Å². The quantitative estimate of drug-likeness (QED) is 0.807. The molecule has 1 N–H and O–H groups in total. The third kappa shape index (κ3) is 5.15. The summed E-state index contributed by atoms with van der Waals surface area (Å²) in [5, 5.41) is 2.78. The Morgan fingerprint density at radius 2 is 1.90 bits per heavy atom. The lowest BCUT2D eigenvalue weighted by atomic mass is 10.1. The fourth-order valence-corrected chi connectivity index (χ4v) is 2.34. The van der Waals surface area contributed by atoms with Gasteiger partial charge in [0.25, 0.3) is 0 Å². The van der Waals surface area contributed by atoms with E-state index in [0.717, 1.165) is 21.0 Å². The summed E-state index contributed by atoms with van der Waals surface area (Å²) in [5.74, 6) is -0.320. The number of carbonyl (C=O) groups is 1. The lowest BCUT2D eigenvalue weighted by molar-refractivity contribution is -0.121. The number of carbonyl (C=O) groups excluding carboxylic acids is 1.